The predicted molar refractivity (Wildman–Crippen MR) is 125 cm³/mol. The lowest BCUT2D eigenvalue weighted by atomic mass is 9.85. The fourth-order valence-electron chi connectivity index (χ4n) is 5.55. The summed E-state index contributed by atoms with van der Waals surface area (Å²) in [6.45, 7) is 0.566. The Hall–Kier alpha value is -3.97. The number of amides is 3. The van der Waals surface area contributed by atoms with Crippen molar-refractivity contribution in [2.45, 2.75) is 18.5 Å². The molecule has 0 N–H and O–H groups in total. The second-order valence-electron chi connectivity index (χ2n) is 8.75. The average Bonchev–Trinajstić information content (AvgIpc) is 3.36. The molecular weight excluding hydrogens is 430 g/mol. The van der Waals surface area contributed by atoms with Gasteiger partial charge >= 0.3 is 0 Å². The maximum Gasteiger partial charge on any atom is 0.268 e. The molecule has 3 aromatic rings. The molecule has 0 spiro atoms. The molecule has 0 unspecified atom stereocenters. The van der Waals surface area contributed by atoms with E-state index in [1.165, 1.54) is 4.90 Å². The summed E-state index contributed by atoms with van der Waals surface area (Å²) in [7, 11) is 1.56. The Morgan fingerprint density at radius 1 is 0.853 bits per heavy atom. The number of nitrogens with zero attached hydrogens (tertiary/aromatic N) is 3. The van der Waals surface area contributed by atoms with E-state index in [1.54, 1.807) is 60.6 Å². The lowest BCUT2D eigenvalue weighted by Gasteiger charge is -2.39. The molecule has 2 fully saturated rings. The largest absolute Gasteiger partial charge is 0.497 e. The molecule has 0 bridgehead atoms. The van der Waals surface area contributed by atoms with Gasteiger partial charge in [-0.1, -0.05) is 42.5 Å². The topological polar surface area (TPSA) is 70.2 Å². The van der Waals surface area contributed by atoms with Crippen molar-refractivity contribution in [1.82, 2.24) is 10.0 Å². The van der Waals surface area contributed by atoms with E-state index in [2.05, 4.69) is 6.07 Å². The first kappa shape index (κ1) is 20.6. The van der Waals surface area contributed by atoms with Gasteiger partial charge in [-0.05, 0) is 53.9 Å². The number of fused-ring (bicyclic) bond motifs is 5. The first-order chi connectivity index (χ1) is 16.6. The Kier molecular flexibility index (Phi) is 4.74. The molecule has 170 valence electrons. The van der Waals surface area contributed by atoms with Crippen molar-refractivity contribution >= 4 is 23.4 Å². The molecule has 3 heterocycles. The minimum atomic E-state index is -0.890. The predicted octanol–water partition coefficient (Wildman–Crippen LogP) is 3.22. The summed E-state index contributed by atoms with van der Waals surface area (Å²) in [5, 5.41) is 3.48. The van der Waals surface area contributed by atoms with E-state index in [4.69, 9.17) is 4.74 Å². The summed E-state index contributed by atoms with van der Waals surface area (Å²) in [6.07, 6.45) is 0.745. The molecule has 0 radical (unpaired) electrons. The van der Waals surface area contributed by atoms with Crippen molar-refractivity contribution in [3.8, 4) is 5.75 Å². The highest BCUT2D eigenvalue weighted by Gasteiger charge is 2.64. The van der Waals surface area contributed by atoms with Crippen molar-refractivity contribution in [2.75, 3.05) is 18.6 Å². The molecule has 7 nitrogen and oxygen atoms in total. The van der Waals surface area contributed by atoms with Crippen molar-refractivity contribution in [3.05, 3.63) is 95.6 Å². The normalized spacial score (nSPS) is 23.5. The molecule has 0 aliphatic carbocycles. The number of carbonyl (C=O) groups excluding carboxylic acids is 3. The van der Waals surface area contributed by atoms with Crippen molar-refractivity contribution < 1.29 is 19.1 Å². The van der Waals surface area contributed by atoms with Gasteiger partial charge in [0.15, 0.2) is 0 Å². The number of anilines is 1. The number of hydrazine groups is 1. The first-order valence-corrected chi connectivity index (χ1v) is 11.3. The number of hydrogen-bond donors (Lipinski definition) is 0. The molecule has 2 saturated heterocycles. The zero-order valence-corrected chi connectivity index (χ0v) is 18.6. The van der Waals surface area contributed by atoms with Crippen LogP contribution in [0.25, 0.3) is 0 Å². The fraction of sp³-hybridized carbons (Fsp3) is 0.222. The molecule has 6 rings (SSSR count). The van der Waals surface area contributed by atoms with Crippen LogP contribution in [-0.4, -0.2) is 47.4 Å². The van der Waals surface area contributed by atoms with Crippen molar-refractivity contribution in [3.63, 3.8) is 0 Å². The minimum absolute atomic E-state index is 0.268. The maximum atomic E-state index is 13.8. The van der Waals surface area contributed by atoms with E-state index < -0.39 is 12.0 Å². The first-order valence-electron chi connectivity index (χ1n) is 11.3. The van der Waals surface area contributed by atoms with Crippen LogP contribution in [-0.2, 0) is 16.0 Å². The molecule has 7 heteroatoms. The Labute approximate surface area is 197 Å². The van der Waals surface area contributed by atoms with E-state index in [1.807, 2.05) is 29.3 Å². The number of methoxy groups -OCH3 is 1. The third kappa shape index (κ3) is 2.90. The lowest BCUT2D eigenvalue weighted by molar-refractivity contribution is -0.126. The number of imide groups is 1. The third-order valence-corrected chi connectivity index (χ3v) is 7.06. The standard InChI is InChI=1S/C27H23N3O4/c1-34-20-13-11-19(12-14-20)29-26(32)22-23-21-10-6-5-7-17(21)15-16-28(23)30(24(22)27(29)33)25(31)18-8-3-2-4-9-18/h2-14,22-24H,15-16H2,1H3/t22-,23+,24+/m1/s1. The summed E-state index contributed by atoms with van der Waals surface area (Å²) in [6, 6.07) is 22.5. The number of hydrogen-bond acceptors (Lipinski definition) is 5. The van der Waals surface area contributed by atoms with E-state index in [-0.39, 0.29) is 23.8 Å². The van der Waals surface area contributed by atoms with Gasteiger partial charge in [-0.15, -0.1) is 0 Å². The summed E-state index contributed by atoms with van der Waals surface area (Å²) >= 11 is 0. The van der Waals surface area contributed by atoms with E-state index >= 15 is 0 Å². The van der Waals surface area contributed by atoms with Crippen LogP contribution in [0.4, 0.5) is 5.69 Å². The molecule has 3 atom stereocenters. The molecule has 3 amide bonds. The molecule has 0 aromatic heterocycles. The second kappa shape index (κ2) is 7.81. The molecule has 3 aliphatic rings. The van der Waals surface area contributed by atoms with Gasteiger partial charge in [0, 0.05) is 12.1 Å². The van der Waals surface area contributed by atoms with Crippen LogP contribution in [0.1, 0.15) is 27.5 Å². The number of benzene rings is 3. The summed E-state index contributed by atoms with van der Waals surface area (Å²) in [5.74, 6) is -0.971. The number of carbonyl (C=O) groups is 3. The molecule has 3 aromatic carbocycles. The Balaban J connectivity index is 1.47. The lowest BCUT2D eigenvalue weighted by Crippen LogP contribution is -2.52. The molecule has 0 saturated carbocycles. The highest BCUT2D eigenvalue weighted by Crippen LogP contribution is 2.50. The summed E-state index contributed by atoms with van der Waals surface area (Å²) in [4.78, 5) is 42.6. The zero-order chi connectivity index (χ0) is 23.4. The van der Waals surface area contributed by atoms with Crippen molar-refractivity contribution in [2.24, 2.45) is 5.92 Å². The van der Waals surface area contributed by atoms with Gasteiger partial charge in [0.2, 0.25) is 5.91 Å². The Morgan fingerprint density at radius 2 is 1.56 bits per heavy atom. The van der Waals surface area contributed by atoms with E-state index in [0.29, 0.717) is 23.5 Å². The van der Waals surface area contributed by atoms with Crippen LogP contribution in [0.2, 0.25) is 0 Å². The van der Waals surface area contributed by atoms with Crippen LogP contribution >= 0.6 is 0 Å². The Morgan fingerprint density at radius 3 is 2.29 bits per heavy atom. The molecular formula is C27H23N3O4. The average molecular weight is 453 g/mol. The van der Waals surface area contributed by atoms with Crippen LogP contribution in [0.15, 0.2) is 78.9 Å². The molecule has 3 aliphatic heterocycles. The van der Waals surface area contributed by atoms with E-state index in [0.717, 1.165) is 17.5 Å². The van der Waals surface area contributed by atoms with Gasteiger partial charge in [0.1, 0.15) is 11.8 Å². The summed E-state index contributed by atoms with van der Waals surface area (Å²) in [5.41, 5.74) is 3.13. The monoisotopic (exact) mass is 453 g/mol. The van der Waals surface area contributed by atoms with E-state index in [9.17, 15) is 14.4 Å². The molecule has 34 heavy (non-hydrogen) atoms. The SMILES string of the molecule is COc1ccc(N2C(=O)[C@H]3[C@@H](C2=O)N(C(=O)c2ccccc2)N2CCc4ccccc4[C@@H]32)cc1. The van der Waals surface area contributed by atoms with Gasteiger partial charge in [-0.25, -0.2) is 9.91 Å². The fourth-order valence-corrected chi connectivity index (χ4v) is 5.55. The minimum Gasteiger partial charge on any atom is -0.497 e. The Bertz CT molecular complexity index is 1290. The van der Waals surface area contributed by atoms with Crippen LogP contribution in [0.3, 0.4) is 0 Å². The zero-order valence-electron chi connectivity index (χ0n) is 18.6. The van der Waals surface area contributed by atoms with Crippen LogP contribution < -0.4 is 9.64 Å². The van der Waals surface area contributed by atoms with Gasteiger partial charge in [-0.2, -0.15) is 0 Å². The highest BCUT2D eigenvalue weighted by molar-refractivity contribution is 6.25. The quantitative estimate of drug-likeness (QED) is 0.570. The van der Waals surface area contributed by atoms with Gasteiger partial charge in [-0.3, -0.25) is 19.4 Å². The smallest absolute Gasteiger partial charge is 0.268 e. The second-order valence-corrected chi connectivity index (χ2v) is 8.75. The van der Waals surface area contributed by atoms with Crippen molar-refractivity contribution in [1.29, 1.82) is 0 Å². The van der Waals surface area contributed by atoms with Gasteiger partial charge < -0.3 is 4.74 Å². The maximum absolute atomic E-state index is 13.8. The highest BCUT2D eigenvalue weighted by atomic mass is 16.5. The van der Waals surface area contributed by atoms with Gasteiger partial charge in [0.25, 0.3) is 11.8 Å². The number of rotatable bonds is 3. The third-order valence-electron chi connectivity index (χ3n) is 7.06. The number of ether oxygens (including phenoxy) is 1. The van der Waals surface area contributed by atoms with Crippen LogP contribution in [0.5, 0.6) is 5.75 Å². The van der Waals surface area contributed by atoms with Gasteiger partial charge in [0.05, 0.1) is 24.8 Å². The van der Waals surface area contributed by atoms with Crippen LogP contribution in [0, 0.1) is 5.92 Å². The summed E-state index contributed by atoms with van der Waals surface area (Å²) < 4.78 is 5.22.